The molecule has 4 aromatic rings. The van der Waals surface area contributed by atoms with Crippen molar-refractivity contribution in [2.45, 2.75) is 32.6 Å². The molecule has 3 heterocycles. The molecule has 6 N–H and O–H groups in total. The average Bonchev–Trinajstić information content (AvgIpc) is 3.86. The van der Waals surface area contributed by atoms with Crippen LogP contribution in [0.2, 0.25) is 0 Å². The zero-order valence-electron chi connectivity index (χ0n) is 33.7. The van der Waals surface area contributed by atoms with Gasteiger partial charge in [0.2, 0.25) is 5.91 Å². The number of ether oxygens (including phenoxy) is 5. The molecule has 1 atom stereocenters. The van der Waals surface area contributed by atoms with E-state index in [9.17, 15) is 19.2 Å². The first kappa shape index (κ1) is 43.0. The lowest BCUT2D eigenvalue weighted by Gasteiger charge is -2.27. The van der Waals surface area contributed by atoms with Crippen LogP contribution in [0.5, 0.6) is 5.75 Å². The number of urea groups is 1. The summed E-state index contributed by atoms with van der Waals surface area (Å²) in [4.78, 5) is 57.3. The van der Waals surface area contributed by atoms with E-state index in [2.05, 4.69) is 33.1 Å². The molecular weight excluding hydrogens is 761 g/mol. The fourth-order valence-electron chi connectivity index (χ4n) is 7.09. The first-order valence-electron chi connectivity index (χ1n) is 20.1. The number of fused-ring (bicyclic) bond motifs is 4. The number of nitrogens with one attached hydrogen (secondary N) is 4. The fourth-order valence-corrected chi connectivity index (χ4v) is 7.09. The summed E-state index contributed by atoms with van der Waals surface area (Å²) >= 11 is 0. The Morgan fingerprint density at radius 3 is 2.24 bits per heavy atom. The Hall–Kier alpha value is -5.59. The topological polar surface area (TPSA) is 211 Å². The highest BCUT2D eigenvalue weighted by Gasteiger charge is 2.35. The summed E-state index contributed by atoms with van der Waals surface area (Å²) in [6, 6.07) is 16.7. The number of carbonyl (C=O) groups is 4. The molecule has 0 bridgehead atoms. The number of aromatic amines is 1. The minimum absolute atomic E-state index is 0.114. The van der Waals surface area contributed by atoms with Crippen molar-refractivity contribution in [3.63, 3.8) is 0 Å². The lowest BCUT2D eigenvalue weighted by molar-refractivity contribution is -0.122. The number of amides is 5. The van der Waals surface area contributed by atoms with Crippen LogP contribution in [0, 0.1) is 0 Å². The largest absolute Gasteiger partial charge is 0.415 e. The molecule has 2 aliphatic rings. The fraction of sp³-hybridized carbons (Fsp3) is 0.452. The number of aromatic nitrogens is 1. The van der Waals surface area contributed by atoms with Crippen LogP contribution in [0.25, 0.3) is 21.7 Å². The van der Waals surface area contributed by atoms with Gasteiger partial charge in [-0.1, -0.05) is 37.3 Å². The molecule has 2 aliphatic heterocycles. The summed E-state index contributed by atoms with van der Waals surface area (Å²) in [6.45, 7) is 10.2. The van der Waals surface area contributed by atoms with Crippen molar-refractivity contribution in [1.82, 2.24) is 25.9 Å². The summed E-state index contributed by atoms with van der Waals surface area (Å²) in [7, 11) is 0. The van der Waals surface area contributed by atoms with Crippen LogP contribution in [0.3, 0.4) is 0 Å². The van der Waals surface area contributed by atoms with Gasteiger partial charge >= 0.3 is 12.1 Å². The van der Waals surface area contributed by atoms with Gasteiger partial charge in [-0.25, -0.2) is 15.0 Å². The number of hydrazone groups is 1. The van der Waals surface area contributed by atoms with Gasteiger partial charge in [0, 0.05) is 67.5 Å². The van der Waals surface area contributed by atoms with Crippen molar-refractivity contribution >= 4 is 57.0 Å². The van der Waals surface area contributed by atoms with E-state index in [0.29, 0.717) is 103 Å². The third-order valence-corrected chi connectivity index (χ3v) is 10.2. The summed E-state index contributed by atoms with van der Waals surface area (Å²) in [6.07, 6.45) is 0.570. The van der Waals surface area contributed by atoms with Crippen molar-refractivity contribution < 1.29 is 42.9 Å². The van der Waals surface area contributed by atoms with Gasteiger partial charge in [-0.2, -0.15) is 5.10 Å². The van der Waals surface area contributed by atoms with Gasteiger partial charge in [0.15, 0.2) is 0 Å². The lowest BCUT2D eigenvalue weighted by atomic mass is 9.93. The first-order chi connectivity index (χ1) is 28.7. The van der Waals surface area contributed by atoms with Crippen LogP contribution in [-0.4, -0.2) is 132 Å². The zero-order valence-corrected chi connectivity index (χ0v) is 33.7. The van der Waals surface area contributed by atoms with Crippen LogP contribution in [0.15, 0.2) is 59.7 Å². The number of hydrogen-bond acceptors (Lipinski definition) is 11. The van der Waals surface area contributed by atoms with E-state index in [-0.39, 0.29) is 30.8 Å². The Labute approximate surface area is 342 Å². The van der Waals surface area contributed by atoms with Crippen LogP contribution in [0.1, 0.15) is 54.2 Å². The van der Waals surface area contributed by atoms with Gasteiger partial charge < -0.3 is 54.8 Å². The van der Waals surface area contributed by atoms with Crippen molar-refractivity contribution in [3.05, 3.63) is 71.4 Å². The van der Waals surface area contributed by atoms with E-state index >= 15 is 0 Å². The molecule has 6 rings (SSSR count). The number of piperazine rings is 1. The molecule has 1 aromatic heterocycles. The highest BCUT2D eigenvalue weighted by molar-refractivity contribution is 6.12. The lowest BCUT2D eigenvalue weighted by Crippen LogP contribution is -2.47. The average molecular weight is 815 g/mol. The second-order valence-electron chi connectivity index (χ2n) is 14.2. The van der Waals surface area contributed by atoms with Crippen LogP contribution < -0.4 is 31.4 Å². The summed E-state index contributed by atoms with van der Waals surface area (Å²) in [5.74, 6) is 0.0858. The van der Waals surface area contributed by atoms with Crippen molar-refractivity contribution in [2.24, 2.45) is 10.8 Å². The maximum absolute atomic E-state index is 14.3. The maximum atomic E-state index is 14.3. The molecule has 0 spiro atoms. The van der Waals surface area contributed by atoms with Gasteiger partial charge in [0.25, 0.3) is 5.91 Å². The zero-order chi connectivity index (χ0) is 41.6. The van der Waals surface area contributed by atoms with Crippen molar-refractivity contribution in [1.29, 1.82) is 0 Å². The Bertz CT molecular complexity index is 2120. The monoisotopic (exact) mass is 814 g/mol. The third-order valence-electron chi connectivity index (χ3n) is 10.2. The molecule has 3 aromatic carbocycles. The van der Waals surface area contributed by atoms with E-state index in [1.807, 2.05) is 54.6 Å². The Balaban J connectivity index is 0.986. The quantitative estimate of drug-likeness (QED) is 0.0494. The number of H-pyrrole nitrogens is 1. The molecule has 1 saturated heterocycles. The number of nitrogens with two attached hydrogens (primary N) is 1. The van der Waals surface area contributed by atoms with Gasteiger partial charge in [0.05, 0.1) is 70.7 Å². The van der Waals surface area contributed by atoms with Gasteiger partial charge in [-0.3, -0.25) is 9.59 Å². The molecule has 1 fully saturated rings. The summed E-state index contributed by atoms with van der Waals surface area (Å²) < 4.78 is 27.7. The SMILES string of the molecule is CC[C@@H]1CN(C(=O)c2cc3cc(/C(C)=N/NC(=O)CCOCCOCCOCCOCCNC(N)=O)ccc3[nH]2)c2cc(OC(=O)N3CCNCC3)c3ccccc3c21. The molecule has 0 radical (unpaired) electrons. The van der Waals surface area contributed by atoms with Crippen molar-refractivity contribution in [2.75, 3.05) is 97.0 Å². The number of primary amides is 1. The molecule has 0 aliphatic carbocycles. The summed E-state index contributed by atoms with van der Waals surface area (Å²) in [5.41, 5.74) is 12.0. The number of benzene rings is 3. The molecule has 5 amide bonds. The van der Waals surface area contributed by atoms with Crippen LogP contribution >= 0.6 is 0 Å². The molecule has 0 saturated carbocycles. The second kappa shape index (κ2) is 21.4. The molecular formula is C42H54N8O9. The Kier molecular flexibility index (Phi) is 15.6. The van der Waals surface area contributed by atoms with Gasteiger partial charge in [0.1, 0.15) is 11.4 Å². The highest BCUT2D eigenvalue weighted by Crippen LogP contribution is 2.46. The maximum Gasteiger partial charge on any atom is 0.415 e. The molecule has 17 heteroatoms. The number of nitrogens with zero attached hydrogens (tertiary/aromatic N) is 3. The smallest absolute Gasteiger partial charge is 0.409 e. The normalized spacial score (nSPS) is 15.4. The van der Waals surface area contributed by atoms with Crippen LogP contribution in [0.4, 0.5) is 15.3 Å². The number of hydrogen-bond donors (Lipinski definition) is 5. The first-order valence-corrected chi connectivity index (χ1v) is 20.1. The Morgan fingerprint density at radius 2 is 1.54 bits per heavy atom. The molecule has 0 unspecified atom stereocenters. The molecule has 316 valence electrons. The van der Waals surface area contributed by atoms with E-state index in [1.54, 1.807) is 16.7 Å². The van der Waals surface area contributed by atoms with Gasteiger partial charge in [-0.05, 0) is 48.1 Å². The van der Waals surface area contributed by atoms with E-state index in [1.165, 1.54) is 0 Å². The number of anilines is 1. The minimum atomic E-state index is -0.584. The standard InChI is InChI=1S/C42H54N8O9/c1-3-29-27-50(36-26-37(32-6-4-5-7-33(32)39(29)36)59-42(54)49-14-11-44-12-15-49)40(52)35-25-31-24-30(8-9-34(31)46-35)28(2)47-48-38(51)10-16-55-18-20-57-22-23-58-21-19-56-17-13-45-41(43)53/h4-9,24-26,29,44,46H,3,10-23,27H2,1-2H3,(H,48,51)(H3,43,45,53)/b47-28+/t29-/m1/s1. The third kappa shape index (κ3) is 11.5. The predicted octanol–water partition coefficient (Wildman–Crippen LogP) is 3.84. The van der Waals surface area contributed by atoms with E-state index in [4.69, 9.17) is 29.4 Å². The number of carbonyl (C=O) groups excluding carboxylic acids is 4. The highest BCUT2D eigenvalue weighted by atomic mass is 16.6. The van der Waals surface area contributed by atoms with Gasteiger partial charge in [-0.15, -0.1) is 0 Å². The predicted molar refractivity (Wildman–Crippen MR) is 223 cm³/mol. The number of rotatable bonds is 20. The van der Waals surface area contributed by atoms with Crippen LogP contribution in [-0.2, 0) is 23.7 Å². The van der Waals surface area contributed by atoms with E-state index < -0.39 is 12.1 Å². The minimum Gasteiger partial charge on any atom is -0.409 e. The second-order valence-corrected chi connectivity index (χ2v) is 14.2. The Morgan fingerprint density at radius 1 is 0.864 bits per heavy atom. The van der Waals surface area contributed by atoms with E-state index in [0.717, 1.165) is 44.9 Å². The van der Waals surface area contributed by atoms with Crippen molar-refractivity contribution in [3.8, 4) is 5.75 Å². The molecule has 59 heavy (non-hydrogen) atoms. The molecule has 17 nitrogen and oxygen atoms in total. The summed E-state index contributed by atoms with van der Waals surface area (Å²) in [5, 5.41) is 12.6.